The Balaban J connectivity index is 1.35. The second-order valence-corrected chi connectivity index (χ2v) is 9.10. The van der Waals surface area contributed by atoms with Crippen molar-refractivity contribution in [1.82, 2.24) is 9.88 Å². The first-order valence-electron chi connectivity index (χ1n) is 10.8. The number of benzene rings is 2. The van der Waals surface area contributed by atoms with Gasteiger partial charge in [0.1, 0.15) is 0 Å². The van der Waals surface area contributed by atoms with Crippen molar-refractivity contribution in [2.45, 2.75) is 37.6 Å². The molecule has 0 aliphatic carbocycles. The molecule has 1 aliphatic rings. The minimum atomic E-state index is -4.39. The van der Waals surface area contributed by atoms with E-state index in [4.69, 9.17) is 0 Å². The molecule has 33 heavy (non-hydrogen) atoms. The van der Waals surface area contributed by atoms with Gasteiger partial charge in [0.05, 0.1) is 24.0 Å². The molecule has 3 aromatic rings. The molecule has 3 N–H and O–H groups in total. The Morgan fingerprint density at radius 2 is 1.94 bits per heavy atom. The minimum Gasteiger partial charge on any atom is -0.395 e. The zero-order valence-corrected chi connectivity index (χ0v) is 18.7. The number of anilines is 2. The number of hydrogen-bond acceptors (Lipinski definition) is 6. The van der Waals surface area contributed by atoms with E-state index < -0.39 is 11.7 Å². The number of alkyl halides is 3. The highest BCUT2D eigenvalue weighted by atomic mass is 32.1. The van der Waals surface area contributed by atoms with Crippen LogP contribution >= 0.6 is 11.3 Å². The number of aliphatic hydroxyl groups excluding tert-OH is 2. The van der Waals surface area contributed by atoms with E-state index in [-0.39, 0.29) is 18.8 Å². The Hall–Kier alpha value is -2.46. The topological polar surface area (TPSA) is 68.6 Å². The molecule has 0 saturated carbocycles. The number of likely N-dealkylation sites (tertiary alicyclic amines) is 1. The number of aromatic nitrogens is 1. The van der Waals surface area contributed by atoms with Crippen LogP contribution < -0.4 is 5.32 Å². The highest BCUT2D eigenvalue weighted by Gasteiger charge is 2.30. The summed E-state index contributed by atoms with van der Waals surface area (Å²) in [5.74, 6) is 0. The van der Waals surface area contributed by atoms with Crippen molar-refractivity contribution >= 4 is 22.2 Å². The lowest BCUT2D eigenvalue weighted by Gasteiger charge is -2.36. The van der Waals surface area contributed by atoms with Crippen LogP contribution in [-0.2, 0) is 12.6 Å². The molecular weight excluding hydrogens is 451 g/mol. The third-order valence-corrected chi connectivity index (χ3v) is 6.66. The number of aliphatic hydroxyl groups is 2. The molecule has 0 spiro atoms. The average molecular weight is 478 g/mol. The van der Waals surface area contributed by atoms with Gasteiger partial charge < -0.3 is 15.5 Å². The van der Waals surface area contributed by atoms with Crippen molar-refractivity contribution in [3.8, 4) is 11.3 Å². The molecular formula is C24H26F3N3O2S. The standard InChI is InChI=1S/C24H26F3N3O2S/c25-24(26,27)18-3-1-2-17(12-18)22-15-33-23(29-22)28-19-6-4-16(5-7-19)8-10-30-11-9-21(32)13-20(30)14-31/h1-7,12,15,20-21,31-32H,8-11,13-14H2,(H,28,29)/t20-,21+/m1/s1. The molecule has 1 aromatic heterocycles. The van der Waals surface area contributed by atoms with E-state index in [2.05, 4.69) is 15.2 Å². The predicted molar refractivity (Wildman–Crippen MR) is 124 cm³/mol. The summed E-state index contributed by atoms with van der Waals surface area (Å²) >= 11 is 1.33. The van der Waals surface area contributed by atoms with Crippen LogP contribution in [0.3, 0.4) is 0 Å². The van der Waals surface area contributed by atoms with Crippen LogP contribution in [0.5, 0.6) is 0 Å². The third kappa shape index (κ3) is 6.11. The fourth-order valence-electron chi connectivity index (χ4n) is 4.03. The van der Waals surface area contributed by atoms with Gasteiger partial charge in [0.25, 0.3) is 0 Å². The maximum atomic E-state index is 13.0. The lowest BCUT2D eigenvalue weighted by molar-refractivity contribution is -0.137. The zero-order valence-electron chi connectivity index (χ0n) is 17.9. The smallest absolute Gasteiger partial charge is 0.395 e. The Bertz CT molecular complexity index is 1060. The van der Waals surface area contributed by atoms with Crippen LogP contribution in [0.15, 0.2) is 53.9 Å². The molecule has 4 rings (SSSR count). The Labute approximate surface area is 194 Å². The largest absolute Gasteiger partial charge is 0.416 e. The summed E-state index contributed by atoms with van der Waals surface area (Å²) in [6.45, 7) is 1.65. The van der Waals surface area contributed by atoms with E-state index in [0.29, 0.717) is 22.8 Å². The molecule has 0 bridgehead atoms. The van der Waals surface area contributed by atoms with Gasteiger partial charge in [0, 0.05) is 35.8 Å². The number of halogens is 3. The van der Waals surface area contributed by atoms with Crippen LogP contribution in [0, 0.1) is 0 Å². The lowest BCUT2D eigenvalue weighted by Crippen LogP contribution is -2.47. The third-order valence-electron chi connectivity index (χ3n) is 5.90. The van der Waals surface area contributed by atoms with Crippen molar-refractivity contribution in [2.24, 2.45) is 0 Å². The maximum Gasteiger partial charge on any atom is 0.416 e. The molecule has 5 nitrogen and oxygen atoms in total. The average Bonchev–Trinajstić information content (AvgIpc) is 3.27. The van der Waals surface area contributed by atoms with Gasteiger partial charge in [0.2, 0.25) is 0 Å². The van der Waals surface area contributed by atoms with Crippen molar-refractivity contribution < 1.29 is 23.4 Å². The first-order chi connectivity index (χ1) is 15.8. The monoisotopic (exact) mass is 477 g/mol. The highest BCUT2D eigenvalue weighted by Crippen LogP contribution is 2.33. The van der Waals surface area contributed by atoms with Crippen LogP contribution in [-0.4, -0.2) is 51.9 Å². The fraction of sp³-hybridized carbons (Fsp3) is 0.375. The van der Waals surface area contributed by atoms with Crippen LogP contribution in [0.1, 0.15) is 24.0 Å². The van der Waals surface area contributed by atoms with Crippen molar-refractivity contribution in [2.75, 3.05) is 25.0 Å². The van der Waals surface area contributed by atoms with Gasteiger partial charge in [-0.25, -0.2) is 4.98 Å². The first kappa shape index (κ1) is 23.7. The number of piperidine rings is 1. The first-order valence-corrected chi connectivity index (χ1v) is 11.7. The summed E-state index contributed by atoms with van der Waals surface area (Å²) in [5.41, 5.74) is 2.24. The number of nitrogens with zero attached hydrogens (tertiary/aromatic N) is 2. The zero-order chi connectivity index (χ0) is 23.4. The van der Waals surface area contributed by atoms with Gasteiger partial charge >= 0.3 is 6.18 Å². The summed E-state index contributed by atoms with van der Waals surface area (Å²) < 4.78 is 38.9. The molecule has 1 aliphatic heterocycles. The lowest BCUT2D eigenvalue weighted by atomic mass is 9.99. The summed E-state index contributed by atoms with van der Waals surface area (Å²) in [6, 6.07) is 13.1. The van der Waals surface area contributed by atoms with Crippen LogP contribution in [0.25, 0.3) is 11.3 Å². The Morgan fingerprint density at radius 3 is 2.67 bits per heavy atom. The normalized spacial score (nSPS) is 19.5. The van der Waals surface area contributed by atoms with Crippen molar-refractivity contribution in [3.63, 3.8) is 0 Å². The van der Waals surface area contributed by atoms with E-state index >= 15 is 0 Å². The van der Waals surface area contributed by atoms with Crippen molar-refractivity contribution in [1.29, 1.82) is 0 Å². The molecule has 1 fully saturated rings. The molecule has 0 radical (unpaired) electrons. The fourth-order valence-corrected chi connectivity index (χ4v) is 4.77. The van der Waals surface area contributed by atoms with E-state index in [0.717, 1.165) is 49.3 Å². The molecule has 0 amide bonds. The molecule has 9 heteroatoms. The quantitative estimate of drug-likeness (QED) is 0.450. The van der Waals surface area contributed by atoms with Gasteiger partial charge in [-0.15, -0.1) is 11.3 Å². The van der Waals surface area contributed by atoms with Gasteiger partial charge in [-0.1, -0.05) is 24.3 Å². The molecule has 2 heterocycles. The molecule has 2 aromatic carbocycles. The Kier molecular flexibility index (Phi) is 7.33. The maximum absolute atomic E-state index is 13.0. The van der Waals surface area contributed by atoms with E-state index in [1.54, 1.807) is 11.4 Å². The van der Waals surface area contributed by atoms with E-state index in [1.165, 1.54) is 17.4 Å². The predicted octanol–water partition coefficient (Wildman–Crippen LogP) is 4.93. The summed E-state index contributed by atoms with van der Waals surface area (Å²) in [4.78, 5) is 6.66. The second-order valence-electron chi connectivity index (χ2n) is 8.24. The molecule has 0 unspecified atom stereocenters. The summed E-state index contributed by atoms with van der Waals surface area (Å²) in [6.07, 6.45) is -2.54. The van der Waals surface area contributed by atoms with E-state index in [9.17, 15) is 23.4 Å². The number of nitrogens with one attached hydrogen (secondary N) is 1. The number of rotatable bonds is 7. The molecule has 176 valence electrons. The van der Waals surface area contributed by atoms with Crippen molar-refractivity contribution in [3.05, 3.63) is 65.0 Å². The molecule has 2 atom stereocenters. The number of thiazole rings is 1. The van der Waals surface area contributed by atoms with Gasteiger partial charge in [-0.05, 0) is 49.1 Å². The highest BCUT2D eigenvalue weighted by molar-refractivity contribution is 7.14. The second kappa shape index (κ2) is 10.2. The summed E-state index contributed by atoms with van der Waals surface area (Å²) in [5, 5.41) is 24.9. The molecule has 1 saturated heterocycles. The Morgan fingerprint density at radius 1 is 1.15 bits per heavy atom. The minimum absolute atomic E-state index is 0.00520. The van der Waals surface area contributed by atoms with Gasteiger partial charge in [-0.2, -0.15) is 13.2 Å². The van der Waals surface area contributed by atoms with Gasteiger partial charge in [0.15, 0.2) is 5.13 Å². The van der Waals surface area contributed by atoms with Crippen LogP contribution in [0.2, 0.25) is 0 Å². The van der Waals surface area contributed by atoms with E-state index in [1.807, 2.05) is 24.3 Å². The number of hydrogen-bond donors (Lipinski definition) is 3. The van der Waals surface area contributed by atoms with Crippen LogP contribution in [0.4, 0.5) is 24.0 Å². The summed E-state index contributed by atoms with van der Waals surface area (Å²) in [7, 11) is 0. The van der Waals surface area contributed by atoms with Gasteiger partial charge in [-0.3, -0.25) is 4.90 Å². The SMILES string of the molecule is OC[C@H]1C[C@@H](O)CCN1CCc1ccc(Nc2nc(-c3cccc(C(F)(F)F)c3)cs2)cc1.